The van der Waals surface area contributed by atoms with Gasteiger partial charge in [-0.05, 0) is 47.4 Å². The van der Waals surface area contributed by atoms with Crippen molar-refractivity contribution in [3.63, 3.8) is 0 Å². The molecule has 0 atom stereocenters. The van der Waals surface area contributed by atoms with E-state index in [2.05, 4.69) is 0 Å². The van der Waals surface area contributed by atoms with Crippen LogP contribution in [0.4, 0.5) is 4.39 Å². The molecule has 0 saturated heterocycles. The van der Waals surface area contributed by atoms with Crippen molar-refractivity contribution in [3.05, 3.63) is 64.8 Å². The zero-order valence-electron chi connectivity index (χ0n) is 14.8. The van der Waals surface area contributed by atoms with Crippen molar-refractivity contribution in [2.45, 2.75) is 18.2 Å². The molecule has 0 aliphatic heterocycles. The third-order valence-electron chi connectivity index (χ3n) is 4.26. The standard InChI is InChI=1S/C20H18FNO3S2/c1-3-16-17(12-6-10-15(11-7-12)27(2,24)25)18(26-19(16)20(22)23)13-4-8-14(21)9-5-13/h4-11H,3H2,1-2H3,(H2,22,23). The molecule has 2 aromatic carbocycles. The number of hydrogen-bond donors (Lipinski definition) is 1. The number of amides is 1. The Hall–Kier alpha value is -2.51. The molecular formula is C20H18FNO3S2. The molecule has 2 N–H and O–H groups in total. The minimum atomic E-state index is -3.31. The van der Waals surface area contributed by atoms with Crippen LogP contribution in [0, 0.1) is 5.82 Å². The number of sulfone groups is 1. The Morgan fingerprint density at radius 2 is 1.59 bits per heavy atom. The lowest BCUT2D eigenvalue weighted by Gasteiger charge is -2.09. The molecular weight excluding hydrogens is 385 g/mol. The van der Waals surface area contributed by atoms with Crippen molar-refractivity contribution >= 4 is 27.1 Å². The Kier molecular flexibility index (Phi) is 5.17. The maximum Gasteiger partial charge on any atom is 0.259 e. The first kappa shape index (κ1) is 19.3. The summed E-state index contributed by atoms with van der Waals surface area (Å²) >= 11 is 1.27. The first-order valence-electron chi connectivity index (χ1n) is 8.24. The van der Waals surface area contributed by atoms with Gasteiger partial charge in [-0.3, -0.25) is 4.79 Å². The molecule has 0 saturated carbocycles. The highest BCUT2D eigenvalue weighted by Crippen LogP contribution is 2.43. The topological polar surface area (TPSA) is 77.2 Å². The van der Waals surface area contributed by atoms with Crippen LogP contribution >= 0.6 is 11.3 Å². The summed E-state index contributed by atoms with van der Waals surface area (Å²) < 4.78 is 36.8. The molecule has 3 rings (SSSR count). The summed E-state index contributed by atoms with van der Waals surface area (Å²) in [6.45, 7) is 1.93. The van der Waals surface area contributed by atoms with E-state index in [9.17, 15) is 17.6 Å². The summed E-state index contributed by atoms with van der Waals surface area (Å²) in [6.07, 6.45) is 1.73. The molecule has 0 aliphatic carbocycles. The first-order valence-corrected chi connectivity index (χ1v) is 10.9. The second-order valence-electron chi connectivity index (χ2n) is 6.14. The lowest BCUT2D eigenvalue weighted by Crippen LogP contribution is -2.11. The highest BCUT2D eigenvalue weighted by Gasteiger charge is 2.22. The Bertz CT molecular complexity index is 1100. The average molecular weight is 404 g/mol. The predicted molar refractivity (Wildman–Crippen MR) is 106 cm³/mol. The van der Waals surface area contributed by atoms with Crippen LogP contribution in [0.25, 0.3) is 21.6 Å². The van der Waals surface area contributed by atoms with Gasteiger partial charge in [0.2, 0.25) is 0 Å². The molecule has 0 unspecified atom stereocenters. The van der Waals surface area contributed by atoms with Gasteiger partial charge in [0, 0.05) is 16.7 Å². The number of carbonyl (C=O) groups excluding carboxylic acids is 1. The molecule has 4 nitrogen and oxygen atoms in total. The van der Waals surface area contributed by atoms with E-state index in [0.717, 1.165) is 33.4 Å². The van der Waals surface area contributed by atoms with E-state index in [1.807, 2.05) is 6.92 Å². The number of rotatable bonds is 5. The van der Waals surface area contributed by atoms with E-state index in [4.69, 9.17) is 5.73 Å². The molecule has 7 heteroatoms. The van der Waals surface area contributed by atoms with Crippen LogP contribution in [0.5, 0.6) is 0 Å². The van der Waals surface area contributed by atoms with Crippen LogP contribution in [-0.4, -0.2) is 20.6 Å². The molecule has 1 aromatic heterocycles. The second kappa shape index (κ2) is 7.25. The van der Waals surface area contributed by atoms with Crippen LogP contribution < -0.4 is 5.73 Å². The largest absolute Gasteiger partial charge is 0.365 e. The molecule has 0 spiro atoms. The number of thiophene rings is 1. The van der Waals surface area contributed by atoms with E-state index in [1.54, 1.807) is 36.4 Å². The number of nitrogens with two attached hydrogens (primary N) is 1. The smallest absolute Gasteiger partial charge is 0.259 e. The van der Waals surface area contributed by atoms with Crippen LogP contribution in [0.15, 0.2) is 53.4 Å². The Morgan fingerprint density at radius 3 is 2.07 bits per heavy atom. The SMILES string of the molecule is CCc1c(C(N)=O)sc(-c2ccc(F)cc2)c1-c1ccc(S(C)(=O)=O)cc1. The third kappa shape index (κ3) is 3.79. The number of halogens is 1. The molecule has 0 fully saturated rings. The number of hydrogen-bond acceptors (Lipinski definition) is 4. The van der Waals surface area contributed by atoms with E-state index >= 15 is 0 Å². The summed E-state index contributed by atoms with van der Waals surface area (Å²) in [5, 5.41) is 0. The fourth-order valence-corrected chi connectivity index (χ4v) is 4.88. The molecule has 0 radical (unpaired) electrons. The van der Waals surface area contributed by atoms with Gasteiger partial charge in [-0.2, -0.15) is 0 Å². The third-order valence-corrected chi connectivity index (χ3v) is 6.69. The van der Waals surface area contributed by atoms with Crippen LogP contribution in [-0.2, 0) is 16.3 Å². The van der Waals surface area contributed by atoms with Gasteiger partial charge in [0.05, 0.1) is 9.77 Å². The zero-order chi connectivity index (χ0) is 19.8. The average Bonchev–Trinajstić information content (AvgIpc) is 3.01. The molecule has 1 heterocycles. The van der Waals surface area contributed by atoms with E-state index in [-0.39, 0.29) is 10.7 Å². The minimum absolute atomic E-state index is 0.220. The molecule has 0 aliphatic rings. The van der Waals surface area contributed by atoms with Crippen molar-refractivity contribution in [1.29, 1.82) is 0 Å². The number of benzene rings is 2. The first-order chi connectivity index (χ1) is 12.7. The molecule has 0 bridgehead atoms. The van der Waals surface area contributed by atoms with Gasteiger partial charge in [0.15, 0.2) is 9.84 Å². The highest BCUT2D eigenvalue weighted by atomic mass is 32.2. The molecule has 1 amide bonds. The second-order valence-corrected chi connectivity index (χ2v) is 9.17. The zero-order valence-corrected chi connectivity index (χ0v) is 16.5. The lowest BCUT2D eigenvalue weighted by atomic mass is 9.96. The monoisotopic (exact) mass is 403 g/mol. The predicted octanol–water partition coefficient (Wildman–Crippen LogP) is 4.29. The van der Waals surface area contributed by atoms with Crippen LogP contribution in [0.2, 0.25) is 0 Å². The van der Waals surface area contributed by atoms with Gasteiger partial charge in [0.25, 0.3) is 5.91 Å². The van der Waals surface area contributed by atoms with Gasteiger partial charge in [-0.15, -0.1) is 11.3 Å². The molecule has 27 heavy (non-hydrogen) atoms. The normalized spacial score (nSPS) is 11.5. The van der Waals surface area contributed by atoms with Crippen molar-refractivity contribution in [3.8, 4) is 21.6 Å². The summed E-state index contributed by atoms with van der Waals surface area (Å²) in [5.74, 6) is -0.862. The van der Waals surface area contributed by atoms with Crippen LogP contribution in [0.1, 0.15) is 22.2 Å². The van der Waals surface area contributed by atoms with Crippen molar-refractivity contribution in [2.24, 2.45) is 5.73 Å². The van der Waals surface area contributed by atoms with Gasteiger partial charge >= 0.3 is 0 Å². The Balaban J connectivity index is 2.26. The fourth-order valence-electron chi connectivity index (χ4n) is 2.98. The molecule has 140 valence electrons. The van der Waals surface area contributed by atoms with Gasteiger partial charge in [0.1, 0.15) is 5.82 Å². The van der Waals surface area contributed by atoms with Gasteiger partial charge < -0.3 is 5.73 Å². The maximum atomic E-state index is 13.3. The summed E-state index contributed by atoms with van der Waals surface area (Å²) in [7, 11) is -3.31. The number of carbonyl (C=O) groups is 1. The van der Waals surface area contributed by atoms with E-state index in [1.165, 1.54) is 23.5 Å². The Morgan fingerprint density at radius 1 is 1.04 bits per heavy atom. The van der Waals surface area contributed by atoms with Crippen molar-refractivity contribution in [2.75, 3.05) is 6.26 Å². The maximum absolute atomic E-state index is 13.3. The van der Waals surface area contributed by atoms with Gasteiger partial charge in [-0.1, -0.05) is 31.2 Å². The van der Waals surface area contributed by atoms with Gasteiger partial charge in [-0.25, -0.2) is 12.8 Å². The summed E-state index contributed by atoms with van der Waals surface area (Å²) in [6, 6.07) is 12.5. The van der Waals surface area contributed by atoms with Crippen molar-refractivity contribution < 1.29 is 17.6 Å². The Labute approximate surface area is 161 Å². The highest BCUT2D eigenvalue weighted by molar-refractivity contribution is 7.90. The molecule has 3 aromatic rings. The van der Waals surface area contributed by atoms with E-state index < -0.39 is 15.7 Å². The minimum Gasteiger partial charge on any atom is -0.365 e. The number of primary amides is 1. The van der Waals surface area contributed by atoms with Crippen LogP contribution in [0.3, 0.4) is 0 Å². The summed E-state index contributed by atoms with van der Waals surface area (Å²) in [5.41, 5.74) is 8.74. The van der Waals surface area contributed by atoms with Crippen molar-refractivity contribution in [1.82, 2.24) is 0 Å². The van der Waals surface area contributed by atoms with E-state index in [0.29, 0.717) is 11.3 Å². The summed E-state index contributed by atoms with van der Waals surface area (Å²) in [4.78, 5) is 13.4. The fraction of sp³-hybridized carbons (Fsp3) is 0.150. The lowest BCUT2D eigenvalue weighted by molar-refractivity contribution is 0.100. The quantitative estimate of drug-likeness (QED) is 0.690.